The number of primary amides is 1. The molecule has 0 unspecified atom stereocenters. The molecule has 4 heteroatoms. The van der Waals surface area contributed by atoms with Crippen molar-refractivity contribution in [2.24, 2.45) is 5.73 Å². The van der Waals surface area contributed by atoms with E-state index in [1.54, 1.807) is 6.07 Å². The normalized spacial score (nSPS) is 10.4. The number of nitriles is 1. The first-order valence-electron chi connectivity index (χ1n) is 6.81. The van der Waals surface area contributed by atoms with Crippen LogP contribution in [0.3, 0.4) is 0 Å². The second-order valence-electron chi connectivity index (χ2n) is 5.10. The lowest BCUT2D eigenvalue weighted by molar-refractivity contribution is 0.0996. The topological polar surface area (TPSA) is 79.8 Å². The number of fused-ring (bicyclic) bond motifs is 1. The Hall–Kier alpha value is -3.19. The Kier molecular flexibility index (Phi) is 3.32. The lowest BCUT2D eigenvalue weighted by Gasteiger charge is -2.10. The van der Waals surface area contributed by atoms with E-state index < -0.39 is 5.91 Å². The molecule has 0 fully saturated rings. The fraction of sp³-hybridized carbons (Fsp3) is 0.0556. The van der Waals surface area contributed by atoms with Crippen LogP contribution in [0.4, 0.5) is 0 Å². The quantitative estimate of drug-likeness (QED) is 0.786. The van der Waals surface area contributed by atoms with Gasteiger partial charge in [0.1, 0.15) is 5.69 Å². The summed E-state index contributed by atoms with van der Waals surface area (Å²) in [6, 6.07) is 17.0. The molecular weight excluding hydrogens is 274 g/mol. The van der Waals surface area contributed by atoms with Crippen molar-refractivity contribution >= 4 is 16.8 Å². The molecule has 4 nitrogen and oxygen atoms in total. The van der Waals surface area contributed by atoms with Crippen molar-refractivity contribution in [3.63, 3.8) is 0 Å². The molecule has 0 aliphatic carbocycles. The molecular formula is C18H13N3O. The number of carbonyl (C=O) groups is 1. The predicted octanol–water partition coefficient (Wildman–Crippen LogP) is 3.18. The van der Waals surface area contributed by atoms with Crippen molar-refractivity contribution in [2.75, 3.05) is 0 Å². The maximum atomic E-state index is 11.5. The number of benzene rings is 2. The van der Waals surface area contributed by atoms with Gasteiger partial charge in [-0.15, -0.1) is 0 Å². The zero-order chi connectivity index (χ0) is 15.7. The highest BCUT2D eigenvalue weighted by Crippen LogP contribution is 2.31. The van der Waals surface area contributed by atoms with Gasteiger partial charge in [0.2, 0.25) is 0 Å². The van der Waals surface area contributed by atoms with E-state index in [1.807, 2.05) is 49.4 Å². The molecule has 0 atom stereocenters. The van der Waals surface area contributed by atoms with Crippen molar-refractivity contribution in [2.45, 2.75) is 6.92 Å². The molecule has 2 aromatic carbocycles. The Morgan fingerprint density at radius 2 is 1.91 bits per heavy atom. The summed E-state index contributed by atoms with van der Waals surface area (Å²) in [4.78, 5) is 15.8. The van der Waals surface area contributed by atoms with Gasteiger partial charge in [-0.05, 0) is 36.2 Å². The SMILES string of the molecule is Cc1ccc(-c2cc(C(N)=O)nc3ccccc23)c(C#N)c1. The summed E-state index contributed by atoms with van der Waals surface area (Å²) in [6.07, 6.45) is 0. The van der Waals surface area contributed by atoms with Crippen LogP contribution in [0.2, 0.25) is 0 Å². The molecule has 0 spiro atoms. The zero-order valence-electron chi connectivity index (χ0n) is 12.0. The molecule has 0 aliphatic rings. The van der Waals surface area contributed by atoms with E-state index in [9.17, 15) is 10.1 Å². The van der Waals surface area contributed by atoms with Crippen LogP contribution in [0, 0.1) is 18.3 Å². The van der Waals surface area contributed by atoms with Crippen molar-refractivity contribution in [1.82, 2.24) is 4.98 Å². The molecule has 0 radical (unpaired) electrons. The smallest absolute Gasteiger partial charge is 0.267 e. The number of amides is 1. The number of aryl methyl sites for hydroxylation is 1. The fourth-order valence-electron chi connectivity index (χ4n) is 2.51. The first-order valence-corrected chi connectivity index (χ1v) is 6.81. The summed E-state index contributed by atoms with van der Waals surface area (Å²) >= 11 is 0. The highest BCUT2D eigenvalue weighted by atomic mass is 16.1. The van der Waals surface area contributed by atoms with Gasteiger partial charge in [0.25, 0.3) is 5.91 Å². The van der Waals surface area contributed by atoms with Crippen LogP contribution in [-0.2, 0) is 0 Å². The van der Waals surface area contributed by atoms with E-state index in [-0.39, 0.29) is 5.69 Å². The number of hydrogen-bond donors (Lipinski definition) is 1. The molecule has 0 saturated carbocycles. The monoisotopic (exact) mass is 287 g/mol. The maximum Gasteiger partial charge on any atom is 0.267 e. The Morgan fingerprint density at radius 1 is 1.14 bits per heavy atom. The Labute approximate surface area is 127 Å². The zero-order valence-corrected chi connectivity index (χ0v) is 12.0. The summed E-state index contributed by atoms with van der Waals surface area (Å²) in [5.41, 5.74) is 9.38. The van der Waals surface area contributed by atoms with Gasteiger partial charge in [-0.2, -0.15) is 5.26 Å². The molecule has 0 aliphatic heterocycles. The van der Waals surface area contributed by atoms with Gasteiger partial charge in [0.05, 0.1) is 17.1 Å². The first kappa shape index (κ1) is 13.8. The summed E-state index contributed by atoms with van der Waals surface area (Å²) in [5, 5.41) is 10.3. The third-order valence-electron chi connectivity index (χ3n) is 3.55. The highest BCUT2D eigenvalue weighted by molar-refractivity contribution is 6.01. The molecule has 2 N–H and O–H groups in total. The van der Waals surface area contributed by atoms with Crippen molar-refractivity contribution in [1.29, 1.82) is 5.26 Å². The van der Waals surface area contributed by atoms with Crippen LogP contribution in [-0.4, -0.2) is 10.9 Å². The van der Waals surface area contributed by atoms with Crippen LogP contribution in [0.25, 0.3) is 22.0 Å². The van der Waals surface area contributed by atoms with E-state index in [0.717, 1.165) is 22.1 Å². The van der Waals surface area contributed by atoms with E-state index in [1.165, 1.54) is 0 Å². The van der Waals surface area contributed by atoms with Crippen LogP contribution in [0.1, 0.15) is 21.6 Å². The average molecular weight is 287 g/mol. The maximum absolute atomic E-state index is 11.5. The molecule has 1 heterocycles. The molecule has 106 valence electrons. The second kappa shape index (κ2) is 5.30. The van der Waals surface area contributed by atoms with Gasteiger partial charge in [0.15, 0.2) is 0 Å². The number of nitrogens with zero attached hydrogens (tertiary/aromatic N) is 2. The summed E-state index contributed by atoms with van der Waals surface area (Å²) < 4.78 is 0. The number of nitrogens with two attached hydrogens (primary N) is 1. The number of para-hydroxylation sites is 1. The standard InChI is InChI=1S/C18H13N3O/c1-11-6-7-13(12(8-11)10-19)15-9-17(18(20)22)21-16-5-3-2-4-14(15)16/h2-9H,1H3,(H2,20,22). The van der Waals surface area contributed by atoms with Gasteiger partial charge >= 0.3 is 0 Å². The summed E-state index contributed by atoms with van der Waals surface area (Å²) in [7, 11) is 0. The Bertz CT molecular complexity index is 939. The molecule has 1 amide bonds. The number of rotatable bonds is 2. The highest BCUT2D eigenvalue weighted by Gasteiger charge is 2.13. The second-order valence-corrected chi connectivity index (χ2v) is 5.10. The minimum atomic E-state index is -0.586. The molecule has 3 rings (SSSR count). The number of aromatic nitrogens is 1. The van der Waals surface area contributed by atoms with E-state index in [2.05, 4.69) is 11.1 Å². The molecule has 3 aromatic rings. The lowest BCUT2D eigenvalue weighted by atomic mass is 9.95. The van der Waals surface area contributed by atoms with Crippen molar-refractivity contribution in [3.8, 4) is 17.2 Å². The van der Waals surface area contributed by atoms with Gasteiger partial charge in [-0.25, -0.2) is 4.98 Å². The van der Waals surface area contributed by atoms with Gasteiger partial charge in [0, 0.05) is 10.9 Å². The van der Waals surface area contributed by atoms with Gasteiger partial charge < -0.3 is 5.73 Å². The molecule has 22 heavy (non-hydrogen) atoms. The van der Waals surface area contributed by atoms with Crippen LogP contribution in [0.5, 0.6) is 0 Å². The Balaban J connectivity index is 2.40. The molecule has 0 bridgehead atoms. The van der Waals surface area contributed by atoms with Crippen molar-refractivity contribution < 1.29 is 4.79 Å². The van der Waals surface area contributed by atoms with Crippen LogP contribution in [0.15, 0.2) is 48.5 Å². The van der Waals surface area contributed by atoms with E-state index >= 15 is 0 Å². The largest absolute Gasteiger partial charge is 0.364 e. The first-order chi connectivity index (χ1) is 10.6. The number of hydrogen-bond acceptors (Lipinski definition) is 3. The van der Waals surface area contributed by atoms with E-state index in [4.69, 9.17) is 5.73 Å². The molecule has 1 aromatic heterocycles. The Morgan fingerprint density at radius 3 is 2.64 bits per heavy atom. The van der Waals surface area contributed by atoms with E-state index in [0.29, 0.717) is 11.1 Å². The average Bonchev–Trinajstić information content (AvgIpc) is 2.53. The summed E-state index contributed by atoms with van der Waals surface area (Å²) in [6.45, 7) is 1.93. The summed E-state index contributed by atoms with van der Waals surface area (Å²) in [5.74, 6) is -0.586. The predicted molar refractivity (Wildman–Crippen MR) is 85.1 cm³/mol. The van der Waals surface area contributed by atoms with Gasteiger partial charge in [-0.3, -0.25) is 4.79 Å². The fourth-order valence-corrected chi connectivity index (χ4v) is 2.51. The third kappa shape index (κ3) is 2.29. The number of carbonyl (C=O) groups excluding carboxylic acids is 1. The van der Waals surface area contributed by atoms with Crippen LogP contribution >= 0.6 is 0 Å². The lowest BCUT2D eigenvalue weighted by Crippen LogP contribution is -2.13. The van der Waals surface area contributed by atoms with Gasteiger partial charge in [-0.1, -0.05) is 30.3 Å². The third-order valence-corrected chi connectivity index (χ3v) is 3.55. The molecule has 0 saturated heterocycles. The van der Waals surface area contributed by atoms with Crippen molar-refractivity contribution in [3.05, 3.63) is 65.4 Å². The minimum absolute atomic E-state index is 0.193. The number of pyridine rings is 1. The minimum Gasteiger partial charge on any atom is -0.364 e. The van der Waals surface area contributed by atoms with Crippen LogP contribution < -0.4 is 5.73 Å².